The second-order valence-corrected chi connectivity index (χ2v) is 6.04. The van der Waals surface area contributed by atoms with Crippen molar-refractivity contribution in [2.75, 3.05) is 6.54 Å². The Hall–Kier alpha value is -2.34. The zero-order valence-corrected chi connectivity index (χ0v) is 14.7. The molecule has 1 N–H and O–H groups in total. The van der Waals surface area contributed by atoms with E-state index in [0.29, 0.717) is 6.61 Å². The van der Waals surface area contributed by atoms with Crippen LogP contribution < -0.4 is 10.1 Å². The Morgan fingerprint density at radius 2 is 2.21 bits per heavy atom. The Labute approximate surface area is 141 Å². The maximum Gasteiger partial charge on any atom is 0.180 e. The molecule has 0 saturated carbocycles. The summed E-state index contributed by atoms with van der Waals surface area (Å²) in [4.78, 5) is 4.75. The van der Waals surface area contributed by atoms with Crippen LogP contribution in [0.3, 0.4) is 0 Å². The van der Waals surface area contributed by atoms with E-state index in [2.05, 4.69) is 24.3 Å². The molecule has 0 saturated heterocycles. The van der Waals surface area contributed by atoms with Gasteiger partial charge in [0.1, 0.15) is 12.4 Å². The van der Waals surface area contributed by atoms with Gasteiger partial charge in [-0.05, 0) is 45.9 Å². The summed E-state index contributed by atoms with van der Waals surface area (Å²) in [6.07, 6.45) is 5.13. The van der Waals surface area contributed by atoms with Gasteiger partial charge in [0.2, 0.25) is 0 Å². The fourth-order valence-corrected chi connectivity index (χ4v) is 2.65. The topological polar surface area (TPSA) is 64.6 Å². The highest BCUT2D eigenvalue weighted by Gasteiger charge is 2.14. The molecular weight excluding hydrogens is 304 g/mol. The smallest absolute Gasteiger partial charge is 0.180 e. The highest BCUT2D eigenvalue weighted by atomic mass is 16.5. The van der Waals surface area contributed by atoms with Crippen molar-refractivity contribution >= 4 is 5.65 Å². The highest BCUT2D eigenvalue weighted by Crippen LogP contribution is 2.23. The first-order chi connectivity index (χ1) is 11.6. The van der Waals surface area contributed by atoms with Crippen molar-refractivity contribution < 1.29 is 9.26 Å². The highest BCUT2D eigenvalue weighted by molar-refractivity contribution is 5.54. The van der Waals surface area contributed by atoms with E-state index in [9.17, 15) is 0 Å². The summed E-state index contributed by atoms with van der Waals surface area (Å²) in [7, 11) is 0. The lowest BCUT2D eigenvalue weighted by molar-refractivity contribution is 0.303. The molecule has 0 radical (unpaired) electrons. The molecule has 1 atom stereocenters. The van der Waals surface area contributed by atoms with E-state index in [4.69, 9.17) is 14.2 Å². The predicted molar refractivity (Wildman–Crippen MR) is 92.2 cm³/mol. The molecule has 0 aliphatic rings. The summed E-state index contributed by atoms with van der Waals surface area (Å²) < 4.78 is 13.2. The van der Waals surface area contributed by atoms with E-state index in [1.54, 1.807) is 0 Å². The van der Waals surface area contributed by atoms with Gasteiger partial charge in [-0.15, -0.1) is 0 Å². The number of aryl methyl sites for hydroxylation is 2. The molecule has 6 nitrogen and oxygen atoms in total. The van der Waals surface area contributed by atoms with E-state index in [-0.39, 0.29) is 6.04 Å². The van der Waals surface area contributed by atoms with Crippen molar-refractivity contribution in [2.24, 2.45) is 0 Å². The Bertz CT molecular complexity index is 802. The van der Waals surface area contributed by atoms with Crippen LogP contribution in [-0.4, -0.2) is 21.1 Å². The first-order valence-corrected chi connectivity index (χ1v) is 8.35. The zero-order chi connectivity index (χ0) is 17.1. The standard InChI is InChI=1S/C18H24N4O2/c1-5-8-19-13(3)16-10-22-9-6-7-17(18(22)20-16)23-11-15-12(2)21-24-14(15)4/h6-7,9-10,13,19H,5,8,11H2,1-4H3. The third-order valence-electron chi connectivity index (χ3n) is 4.16. The largest absolute Gasteiger partial charge is 0.485 e. The molecule has 24 heavy (non-hydrogen) atoms. The van der Waals surface area contributed by atoms with Gasteiger partial charge in [-0.25, -0.2) is 4.98 Å². The first kappa shape index (κ1) is 16.5. The number of nitrogens with one attached hydrogen (secondary N) is 1. The average Bonchev–Trinajstić information content (AvgIpc) is 3.15. The van der Waals surface area contributed by atoms with Gasteiger partial charge in [0, 0.05) is 18.4 Å². The third kappa shape index (κ3) is 3.28. The van der Waals surface area contributed by atoms with Gasteiger partial charge in [-0.3, -0.25) is 0 Å². The van der Waals surface area contributed by atoms with Crippen LogP contribution in [0.5, 0.6) is 5.75 Å². The number of rotatable bonds is 7. The molecular formula is C18H24N4O2. The third-order valence-corrected chi connectivity index (χ3v) is 4.16. The van der Waals surface area contributed by atoms with Gasteiger partial charge in [0.15, 0.2) is 11.4 Å². The number of nitrogens with zero attached hydrogens (tertiary/aromatic N) is 3. The molecule has 0 fully saturated rings. The molecule has 3 aromatic rings. The summed E-state index contributed by atoms with van der Waals surface area (Å²) in [6, 6.07) is 4.11. The van der Waals surface area contributed by atoms with E-state index >= 15 is 0 Å². The minimum Gasteiger partial charge on any atom is -0.485 e. The van der Waals surface area contributed by atoms with E-state index in [0.717, 1.165) is 47.1 Å². The Morgan fingerprint density at radius 3 is 2.92 bits per heavy atom. The number of fused-ring (bicyclic) bond motifs is 1. The number of pyridine rings is 1. The number of hydrogen-bond acceptors (Lipinski definition) is 5. The normalized spacial score (nSPS) is 12.7. The van der Waals surface area contributed by atoms with Crippen molar-refractivity contribution in [3.8, 4) is 5.75 Å². The number of ether oxygens (including phenoxy) is 1. The minimum atomic E-state index is 0.209. The second kappa shape index (κ2) is 7.05. The van der Waals surface area contributed by atoms with Crippen molar-refractivity contribution in [1.82, 2.24) is 19.9 Å². The van der Waals surface area contributed by atoms with Gasteiger partial charge >= 0.3 is 0 Å². The molecule has 6 heteroatoms. The second-order valence-electron chi connectivity index (χ2n) is 6.04. The van der Waals surface area contributed by atoms with Crippen LogP contribution in [0.1, 0.15) is 49.0 Å². The van der Waals surface area contributed by atoms with E-state index in [1.807, 2.05) is 42.8 Å². The molecule has 3 rings (SSSR count). The van der Waals surface area contributed by atoms with Crippen LogP contribution in [0.15, 0.2) is 29.0 Å². The monoisotopic (exact) mass is 328 g/mol. The summed E-state index contributed by atoms with van der Waals surface area (Å²) in [5.41, 5.74) is 3.68. The van der Waals surface area contributed by atoms with E-state index < -0.39 is 0 Å². The van der Waals surface area contributed by atoms with Crippen LogP contribution in [0.2, 0.25) is 0 Å². The van der Waals surface area contributed by atoms with Crippen LogP contribution in [0.4, 0.5) is 0 Å². The van der Waals surface area contributed by atoms with Gasteiger partial charge in [-0.2, -0.15) is 0 Å². The molecule has 0 aliphatic heterocycles. The fraction of sp³-hybridized carbons (Fsp3) is 0.444. The summed E-state index contributed by atoms with van der Waals surface area (Å²) in [5, 5.41) is 7.42. The van der Waals surface area contributed by atoms with Crippen LogP contribution in [0, 0.1) is 13.8 Å². The van der Waals surface area contributed by atoms with E-state index in [1.165, 1.54) is 0 Å². The Balaban J connectivity index is 1.82. The molecule has 0 bridgehead atoms. The molecule has 0 spiro atoms. The van der Waals surface area contributed by atoms with Gasteiger partial charge in [-0.1, -0.05) is 12.1 Å². The van der Waals surface area contributed by atoms with Crippen molar-refractivity contribution in [3.05, 3.63) is 47.2 Å². The lowest BCUT2D eigenvalue weighted by atomic mass is 10.2. The average molecular weight is 328 g/mol. The Kier molecular flexibility index (Phi) is 4.85. The van der Waals surface area contributed by atoms with Gasteiger partial charge in [0.25, 0.3) is 0 Å². The van der Waals surface area contributed by atoms with Crippen molar-refractivity contribution in [2.45, 2.75) is 46.8 Å². The van der Waals surface area contributed by atoms with Crippen LogP contribution in [-0.2, 0) is 6.61 Å². The molecule has 0 aromatic carbocycles. The predicted octanol–water partition coefficient (Wildman–Crippen LogP) is 3.58. The Morgan fingerprint density at radius 1 is 1.38 bits per heavy atom. The van der Waals surface area contributed by atoms with Crippen molar-refractivity contribution in [1.29, 1.82) is 0 Å². The van der Waals surface area contributed by atoms with Gasteiger partial charge in [0.05, 0.1) is 17.0 Å². The number of imidazole rings is 1. The van der Waals surface area contributed by atoms with Gasteiger partial charge < -0.3 is 19.0 Å². The zero-order valence-electron chi connectivity index (χ0n) is 14.7. The molecule has 128 valence electrons. The molecule has 3 aromatic heterocycles. The molecule has 3 heterocycles. The summed E-state index contributed by atoms with van der Waals surface area (Å²) >= 11 is 0. The quantitative estimate of drug-likeness (QED) is 0.718. The minimum absolute atomic E-state index is 0.209. The maximum atomic E-state index is 6.00. The lowest BCUT2D eigenvalue weighted by Crippen LogP contribution is -2.19. The molecule has 0 aliphatic carbocycles. The summed E-state index contributed by atoms with van der Waals surface area (Å²) in [6.45, 7) is 9.50. The lowest BCUT2D eigenvalue weighted by Gasteiger charge is -2.09. The first-order valence-electron chi connectivity index (χ1n) is 8.35. The number of hydrogen-bond donors (Lipinski definition) is 1. The van der Waals surface area contributed by atoms with Crippen LogP contribution >= 0.6 is 0 Å². The molecule has 1 unspecified atom stereocenters. The maximum absolute atomic E-state index is 6.00. The molecule has 0 amide bonds. The van der Waals surface area contributed by atoms with Crippen LogP contribution in [0.25, 0.3) is 5.65 Å². The summed E-state index contributed by atoms with van der Waals surface area (Å²) in [5.74, 6) is 1.55. The van der Waals surface area contributed by atoms with Crippen molar-refractivity contribution in [3.63, 3.8) is 0 Å². The SMILES string of the molecule is CCCNC(C)c1cn2cccc(OCc3c(C)noc3C)c2n1. The fourth-order valence-electron chi connectivity index (χ4n) is 2.65. The number of aromatic nitrogens is 3.